The molecule has 0 rings (SSSR count). The van der Waals surface area contributed by atoms with Crippen LogP contribution in [0, 0.1) is 0 Å². The molecule has 0 aromatic heterocycles. The summed E-state index contributed by atoms with van der Waals surface area (Å²) < 4.78 is 10.6. The molecule has 0 amide bonds. The first kappa shape index (κ1) is 25.8. The van der Waals surface area contributed by atoms with Crippen molar-refractivity contribution in [2.45, 2.75) is 79.2 Å². The highest BCUT2D eigenvalue weighted by molar-refractivity contribution is 5.07. The molecular formula is C24H42O3. The molecule has 1 N–H and O–H groups in total. The van der Waals surface area contributed by atoms with Crippen molar-refractivity contribution in [1.29, 1.82) is 0 Å². The maximum Gasteiger partial charge on any atom is 0.103 e. The number of rotatable bonds is 15. The molecule has 0 bridgehead atoms. The monoisotopic (exact) mass is 378 g/mol. The van der Waals surface area contributed by atoms with E-state index in [1.54, 1.807) is 7.11 Å². The smallest absolute Gasteiger partial charge is 0.103 e. The third kappa shape index (κ3) is 16.7. The molecule has 0 saturated carbocycles. The minimum atomic E-state index is -0.228. The molecule has 3 heteroatoms. The first-order chi connectivity index (χ1) is 12.9. The van der Waals surface area contributed by atoms with Gasteiger partial charge in [0.05, 0.1) is 19.8 Å². The van der Waals surface area contributed by atoms with Crippen molar-refractivity contribution in [1.82, 2.24) is 0 Å². The summed E-state index contributed by atoms with van der Waals surface area (Å²) in [7, 11) is 1.59. The Morgan fingerprint density at radius 1 is 0.778 bits per heavy atom. The van der Waals surface area contributed by atoms with E-state index in [-0.39, 0.29) is 12.7 Å². The summed E-state index contributed by atoms with van der Waals surface area (Å²) in [4.78, 5) is 0. The molecule has 0 aromatic rings. The van der Waals surface area contributed by atoms with Gasteiger partial charge in [0.1, 0.15) is 6.10 Å². The van der Waals surface area contributed by atoms with E-state index in [1.807, 2.05) is 0 Å². The largest absolute Gasteiger partial charge is 0.394 e. The van der Waals surface area contributed by atoms with E-state index in [0.717, 1.165) is 32.1 Å². The van der Waals surface area contributed by atoms with Crippen LogP contribution in [0.3, 0.4) is 0 Å². The van der Waals surface area contributed by atoms with Gasteiger partial charge in [0, 0.05) is 7.11 Å². The lowest BCUT2D eigenvalue weighted by atomic mass is 10.0. The van der Waals surface area contributed by atoms with Crippen LogP contribution in [0.4, 0.5) is 0 Å². The van der Waals surface area contributed by atoms with Gasteiger partial charge in [-0.05, 0) is 73.1 Å². The average Bonchev–Trinajstić information content (AvgIpc) is 2.61. The highest BCUT2D eigenvalue weighted by Crippen LogP contribution is 2.13. The number of hydrogen-bond acceptors (Lipinski definition) is 3. The van der Waals surface area contributed by atoms with Gasteiger partial charge in [0.15, 0.2) is 0 Å². The average molecular weight is 379 g/mol. The molecule has 0 saturated heterocycles. The van der Waals surface area contributed by atoms with Crippen molar-refractivity contribution in [3.63, 3.8) is 0 Å². The topological polar surface area (TPSA) is 38.7 Å². The minimum absolute atomic E-state index is 0.00651. The molecule has 27 heavy (non-hydrogen) atoms. The molecule has 0 fully saturated rings. The number of ether oxygens (including phenoxy) is 2. The van der Waals surface area contributed by atoms with Crippen molar-refractivity contribution < 1.29 is 14.6 Å². The summed E-state index contributed by atoms with van der Waals surface area (Å²) in [5, 5.41) is 9.02. The maximum absolute atomic E-state index is 9.02. The molecule has 1 atom stereocenters. The number of allylic oxidation sites excluding steroid dienone is 7. The Labute approximate surface area is 167 Å². The minimum Gasteiger partial charge on any atom is -0.394 e. The fraction of sp³-hybridized carbons (Fsp3) is 0.667. The molecule has 0 spiro atoms. The summed E-state index contributed by atoms with van der Waals surface area (Å²) in [6, 6.07) is 0. The van der Waals surface area contributed by atoms with Gasteiger partial charge in [-0.3, -0.25) is 0 Å². The van der Waals surface area contributed by atoms with Gasteiger partial charge in [0.2, 0.25) is 0 Å². The number of aliphatic hydroxyl groups is 1. The van der Waals surface area contributed by atoms with Gasteiger partial charge in [-0.1, -0.05) is 46.6 Å². The van der Waals surface area contributed by atoms with Crippen LogP contribution in [0.5, 0.6) is 0 Å². The van der Waals surface area contributed by atoms with Gasteiger partial charge in [-0.25, -0.2) is 0 Å². The van der Waals surface area contributed by atoms with E-state index in [4.69, 9.17) is 14.6 Å². The van der Waals surface area contributed by atoms with Crippen LogP contribution in [0.25, 0.3) is 0 Å². The molecule has 1 unspecified atom stereocenters. The highest BCUT2D eigenvalue weighted by Gasteiger charge is 2.03. The predicted octanol–water partition coefficient (Wildman–Crippen LogP) is 6.16. The molecule has 3 nitrogen and oxygen atoms in total. The Balaban J connectivity index is 3.97. The van der Waals surface area contributed by atoms with Crippen LogP contribution in [0.2, 0.25) is 0 Å². The number of aliphatic hydroxyl groups excluding tert-OH is 1. The lowest BCUT2D eigenvalue weighted by molar-refractivity contribution is -0.0134. The first-order valence-corrected chi connectivity index (χ1v) is 10.2. The molecule has 0 aliphatic rings. The van der Waals surface area contributed by atoms with Gasteiger partial charge in [-0.15, -0.1) is 0 Å². The van der Waals surface area contributed by atoms with Gasteiger partial charge in [-0.2, -0.15) is 0 Å². The fourth-order valence-corrected chi connectivity index (χ4v) is 2.58. The SMILES string of the molecule is COC(CO)COCC=C(C)CCC=C(C)CCC=C(C)CCC=C(C)C. The lowest BCUT2D eigenvalue weighted by Crippen LogP contribution is -2.22. The highest BCUT2D eigenvalue weighted by atomic mass is 16.5. The Hall–Kier alpha value is -1.16. The van der Waals surface area contributed by atoms with E-state index in [0.29, 0.717) is 13.2 Å². The number of methoxy groups -OCH3 is 1. The lowest BCUT2D eigenvalue weighted by Gasteiger charge is -2.11. The van der Waals surface area contributed by atoms with E-state index in [1.165, 1.54) is 28.7 Å². The predicted molar refractivity (Wildman–Crippen MR) is 117 cm³/mol. The summed E-state index contributed by atoms with van der Waals surface area (Å²) in [6.45, 7) is 11.9. The third-order valence-corrected chi connectivity index (χ3v) is 4.54. The van der Waals surface area contributed by atoms with Crippen molar-refractivity contribution in [2.24, 2.45) is 0 Å². The van der Waals surface area contributed by atoms with Crippen molar-refractivity contribution in [3.8, 4) is 0 Å². The summed E-state index contributed by atoms with van der Waals surface area (Å²) in [5.41, 5.74) is 5.71. The zero-order valence-corrected chi connectivity index (χ0v) is 18.5. The second kappa shape index (κ2) is 17.0. The van der Waals surface area contributed by atoms with Crippen molar-refractivity contribution in [2.75, 3.05) is 26.9 Å². The van der Waals surface area contributed by atoms with Gasteiger partial charge < -0.3 is 14.6 Å². The second-order valence-electron chi connectivity index (χ2n) is 7.63. The molecule has 0 aliphatic heterocycles. The van der Waals surface area contributed by atoms with E-state index in [2.05, 4.69) is 58.9 Å². The third-order valence-electron chi connectivity index (χ3n) is 4.54. The van der Waals surface area contributed by atoms with Crippen molar-refractivity contribution in [3.05, 3.63) is 46.6 Å². The molecule has 156 valence electrons. The number of hydrogen-bond donors (Lipinski definition) is 1. The zero-order valence-electron chi connectivity index (χ0n) is 18.5. The van der Waals surface area contributed by atoms with Crippen LogP contribution >= 0.6 is 0 Å². The summed E-state index contributed by atoms with van der Waals surface area (Å²) in [6.07, 6.45) is 15.7. The van der Waals surface area contributed by atoms with E-state index < -0.39 is 0 Å². The van der Waals surface area contributed by atoms with E-state index in [9.17, 15) is 0 Å². The Morgan fingerprint density at radius 2 is 1.26 bits per heavy atom. The quantitative estimate of drug-likeness (QED) is 0.274. The second-order valence-corrected chi connectivity index (χ2v) is 7.63. The Morgan fingerprint density at radius 3 is 1.70 bits per heavy atom. The Bertz CT molecular complexity index is 490. The summed E-state index contributed by atoms with van der Waals surface area (Å²) >= 11 is 0. The van der Waals surface area contributed by atoms with E-state index >= 15 is 0 Å². The summed E-state index contributed by atoms with van der Waals surface area (Å²) in [5.74, 6) is 0. The molecule has 0 radical (unpaired) electrons. The maximum atomic E-state index is 9.02. The van der Waals surface area contributed by atoms with Gasteiger partial charge >= 0.3 is 0 Å². The first-order valence-electron chi connectivity index (χ1n) is 10.2. The van der Waals surface area contributed by atoms with Crippen LogP contribution in [0.15, 0.2) is 46.6 Å². The van der Waals surface area contributed by atoms with Gasteiger partial charge in [0.25, 0.3) is 0 Å². The van der Waals surface area contributed by atoms with Crippen LogP contribution in [-0.2, 0) is 9.47 Å². The zero-order chi connectivity index (χ0) is 20.5. The molecule has 0 aliphatic carbocycles. The standard InChI is InChI=1S/C24H42O3/c1-20(2)10-7-11-21(3)12-8-13-22(4)14-9-15-23(5)16-17-27-19-24(18-25)26-6/h10,12,14,16,24-25H,7-9,11,13,15,17-19H2,1-6H3. The van der Waals surface area contributed by atoms with Crippen LogP contribution in [0.1, 0.15) is 73.1 Å². The van der Waals surface area contributed by atoms with Crippen LogP contribution in [-0.4, -0.2) is 38.1 Å². The molecular weight excluding hydrogens is 336 g/mol. The van der Waals surface area contributed by atoms with Crippen LogP contribution < -0.4 is 0 Å². The molecule has 0 aromatic carbocycles. The Kier molecular flexibility index (Phi) is 16.2. The fourth-order valence-electron chi connectivity index (χ4n) is 2.58. The van der Waals surface area contributed by atoms with Crippen molar-refractivity contribution >= 4 is 0 Å². The normalized spacial score (nSPS) is 14.4. The molecule has 0 heterocycles.